The van der Waals surface area contributed by atoms with Gasteiger partial charge in [-0.2, -0.15) is 0 Å². The third-order valence-electron chi connectivity index (χ3n) is 4.15. The molecule has 0 radical (unpaired) electrons. The van der Waals surface area contributed by atoms with Gasteiger partial charge >= 0.3 is 6.03 Å². The number of nitrogens with one attached hydrogen (secondary N) is 2. The summed E-state index contributed by atoms with van der Waals surface area (Å²) in [6.07, 6.45) is 0. The normalized spacial score (nSPS) is 10.4. The summed E-state index contributed by atoms with van der Waals surface area (Å²) in [7, 11) is 0. The van der Waals surface area contributed by atoms with Crippen LogP contribution in [0.15, 0.2) is 84.9 Å². The van der Waals surface area contributed by atoms with Crippen LogP contribution in [-0.4, -0.2) is 19.4 Å². The van der Waals surface area contributed by atoms with Gasteiger partial charge in [-0.3, -0.25) is 0 Å². The first-order chi connectivity index (χ1) is 13.8. The summed E-state index contributed by atoms with van der Waals surface area (Å²) in [5, 5.41) is 5.75. The van der Waals surface area contributed by atoms with Crippen LogP contribution in [0.4, 0.5) is 4.79 Å². The van der Waals surface area contributed by atoms with Crippen LogP contribution in [-0.2, 0) is 0 Å². The van der Waals surface area contributed by atoms with Crippen LogP contribution in [0.5, 0.6) is 11.5 Å². The number of rotatable bonds is 8. The number of urea groups is 1. The summed E-state index contributed by atoms with van der Waals surface area (Å²) in [4.78, 5) is 12.4. The Morgan fingerprint density at radius 3 is 1.79 bits per heavy atom. The molecule has 0 bridgehead atoms. The van der Waals surface area contributed by atoms with Gasteiger partial charge in [0.15, 0.2) is 6.73 Å². The van der Waals surface area contributed by atoms with Crippen molar-refractivity contribution < 1.29 is 14.3 Å². The van der Waals surface area contributed by atoms with E-state index in [0.29, 0.717) is 12.4 Å². The fourth-order valence-corrected chi connectivity index (χ4v) is 2.82. The SMILES string of the molecule is CCOc1ccc(OCNC(=O)NC(c2ccccc2)c2ccccc2)cc1. The van der Waals surface area contributed by atoms with E-state index in [4.69, 9.17) is 9.47 Å². The number of carbonyl (C=O) groups excluding carboxylic acids is 1. The van der Waals surface area contributed by atoms with Gasteiger partial charge in [-0.1, -0.05) is 60.7 Å². The molecule has 0 fully saturated rings. The van der Waals surface area contributed by atoms with Gasteiger partial charge in [0.1, 0.15) is 11.5 Å². The maximum Gasteiger partial charge on any atom is 0.318 e. The Balaban J connectivity index is 1.57. The van der Waals surface area contributed by atoms with Crippen LogP contribution in [0.2, 0.25) is 0 Å². The minimum atomic E-state index is -0.302. The fourth-order valence-electron chi connectivity index (χ4n) is 2.82. The van der Waals surface area contributed by atoms with Crippen molar-refractivity contribution in [2.24, 2.45) is 0 Å². The summed E-state index contributed by atoms with van der Waals surface area (Å²) in [6.45, 7) is 2.62. The molecule has 28 heavy (non-hydrogen) atoms. The van der Waals surface area contributed by atoms with Crippen molar-refractivity contribution in [3.05, 3.63) is 96.1 Å². The number of amides is 2. The average molecular weight is 376 g/mol. The summed E-state index contributed by atoms with van der Waals surface area (Å²) in [5.41, 5.74) is 2.02. The van der Waals surface area contributed by atoms with Crippen molar-refractivity contribution in [2.45, 2.75) is 13.0 Å². The minimum Gasteiger partial charge on any atom is -0.494 e. The molecule has 3 aromatic carbocycles. The standard InChI is InChI=1S/C23H24N2O3/c1-2-27-20-13-15-21(16-14-20)28-17-24-23(26)25-22(18-9-5-3-6-10-18)19-11-7-4-8-12-19/h3-16,22H,2,17H2,1H3,(H2,24,25,26). The monoisotopic (exact) mass is 376 g/mol. The number of ether oxygens (including phenoxy) is 2. The van der Waals surface area contributed by atoms with Gasteiger partial charge in [0, 0.05) is 0 Å². The molecule has 5 nitrogen and oxygen atoms in total. The molecule has 0 saturated heterocycles. The molecule has 0 aliphatic heterocycles. The molecule has 0 heterocycles. The van der Waals surface area contributed by atoms with E-state index in [1.165, 1.54) is 0 Å². The Morgan fingerprint density at radius 2 is 1.29 bits per heavy atom. The Morgan fingerprint density at radius 1 is 0.786 bits per heavy atom. The van der Waals surface area contributed by atoms with E-state index in [1.54, 1.807) is 12.1 Å². The van der Waals surface area contributed by atoms with E-state index >= 15 is 0 Å². The van der Waals surface area contributed by atoms with Crippen molar-refractivity contribution in [1.82, 2.24) is 10.6 Å². The van der Waals surface area contributed by atoms with Gasteiger partial charge in [0.2, 0.25) is 0 Å². The summed E-state index contributed by atoms with van der Waals surface area (Å²) in [6, 6.07) is 26.5. The van der Waals surface area contributed by atoms with Crippen LogP contribution in [0, 0.1) is 0 Å². The molecule has 0 aliphatic rings. The zero-order valence-electron chi connectivity index (χ0n) is 15.8. The Labute approximate surface area is 165 Å². The highest BCUT2D eigenvalue weighted by molar-refractivity contribution is 5.74. The highest BCUT2D eigenvalue weighted by Crippen LogP contribution is 2.21. The number of hydrogen-bond donors (Lipinski definition) is 2. The lowest BCUT2D eigenvalue weighted by molar-refractivity contribution is 0.222. The van der Waals surface area contributed by atoms with E-state index in [1.807, 2.05) is 79.7 Å². The molecule has 0 saturated carbocycles. The maximum atomic E-state index is 12.4. The van der Waals surface area contributed by atoms with Gasteiger partial charge in [0.25, 0.3) is 0 Å². The highest BCUT2D eigenvalue weighted by atomic mass is 16.5. The fraction of sp³-hybridized carbons (Fsp3) is 0.174. The molecular weight excluding hydrogens is 352 g/mol. The predicted octanol–water partition coefficient (Wildman–Crippen LogP) is 4.51. The number of carbonyl (C=O) groups is 1. The van der Waals surface area contributed by atoms with E-state index in [9.17, 15) is 4.79 Å². The van der Waals surface area contributed by atoms with Crippen molar-refractivity contribution in [3.63, 3.8) is 0 Å². The molecule has 144 valence electrons. The predicted molar refractivity (Wildman–Crippen MR) is 110 cm³/mol. The number of hydrogen-bond acceptors (Lipinski definition) is 3. The van der Waals surface area contributed by atoms with Gasteiger partial charge in [-0.25, -0.2) is 4.79 Å². The molecule has 0 unspecified atom stereocenters. The zero-order valence-corrected chi connectivity index (χ0v) is 15.8. The molecule has 2 N–H and O–H groups in total. The summed E-state index contributed by atoms with van der Waals surface area (Å²) >= 11 is 0. The second-order valence-corrected chi connectivity index (χ2v) is 6.10. The van der Waals surface area contributed by atoms with E-state index in [0.717, 1.165) is 16.9 Å². The second-order valence-electron chi connectivity index (χ2n) is 6.10. The van der Waals surface area contributed by atoms with Gasteiger partial charge in [-0.05, 0) is 42.3 Å². The topological polar surface area (TPSA) is 59.6 Å². The molecule has 0 atom stereocenters. The van der Waals surface area contributed by atoms with Crippen LogP contribution < -0.4 is 20.1 Å². The van der Waals surface area contributed by atoms with Crippen LogP contribution in [0.25, 0.3) is 0 Å². The van der Waals surface area contributed by atoms with E-state index in [-0.39, 0.29) is 18.8 Å². The first kappa shape index (κ1) is 19.3. The quantitative estimate of drug-likeness (QED) is 0.569. The second kappa shape index (κ2) is 10.0. The summed E-state index contributed by atoms with van der Waals surface area (Å²) < 4.78 is 11.0. The van der Waals surface area contributed by atoms with Crippen molar-refractivity contribution in [2.75, 3.05) is 13.3 Å². The first-order valence-corrected chi connectivity index (χ1v) is 9.26. The van der Waals surface area contributed by atoms with Crippen molar-refractivity contribution in [3.8, 4) is 11.5 Å². The molecule has 3 rings (SSSR count). The molecule has 3 aromatic rings. The molecule has 0 spiro atoms. The lowest BCUT2D eigenvalue weighted by atomic mass is 9.99. The van der Waals surface area contributed by atoms with Crippen molar-refractivity contribution in [1.29, 1.82) is 0 Å². The van der Waals surface area contributed by atoms with Gasteiger partial charge < -0.3 is 20.1 Å². The zero-order chi connectivity index (χ0) is 19.6. The maximum absolute atomic E-state index is 12.4. The highest BCUT2D eigenvalue weighted by Gasteiger charge is 2.16. The smallest absolute Gasteiger partial charge is 0.318 e. The Kier molecular flexibility index (Phi) is 6.90. The van der Waals surface area contributed by atoms with Crippen LogP contribution in [0.3, 0.4) is 0 Å². The lowest BCUT2D eigenvalue weighted by Gasteiger charge is -2.20. The Bertz CT molecular complexity index is 813. The average Bonchev–Trinajstić information content (AvgIpc) is 2.75. The van der Waals surface area contributed by atoms with Crippen LogP contribution >= 0.6 is 0 Å². The van der Waals surface area contributed by atoms with Gasteiger partial charge in [-0.15, -0.1) is 0 Å². The third kappa shape index (κ3) is 5.51. The lowest BCUT2D eigenvalue weighted by Crippen LogP contribution is -2.40. The molecule has 5 heteroatoms. The molecule has 0 aromatic heterocycles. The van der Waals surface area contributed by atoms with Gasteiger partial charge in [0.05, 0.1) is 12.6 Å². The summed E-state index contributed by atoms with van der Waals surface area (Å²) in [5.74, 6) is 1.44. The largest absolute Gasteiger partial charge is 0.494 e. The van der Waals surface area contributed by atoms with E-state index < -0.39 is 0 Å². The third-order valence-corrected chi connectivity index (χ3v) is 4.15. The first-order valence-electron chi connectivity index (χ1n) is 9.26. The molecular formula is C23H24N2O3. The van der Waals surface area contributed by atoms with E-state index in [2.05, 4.69) is 10.6 Å². The van der Waals surface area contributed by atoms with Crippen molar-refractivity contribution >= 4 is 6.03 Å². The minimum absolute atomic E-state index is 0.0656. The van der Waals surface area contributed by atoms with Crippen LogP contribution in [0.1, 0.15) is 24.1 Å². The number of benzene rings is 3. The Hall–Kier alpha value is -3.47. The molecule has 0 aliphatic carbocycles. The molecule has 2 amide bonds.